The SMILES string of the molecule is O=C(c1ccc(OCc2ccncc2)cc1)N1CCc2ccc([N+](=O)[O-])cc21. The van der Waals surface area contributed by atoms with Gasteiger partial charge in [-0.25, -0.2) is 0 Å². The van der Waals surface area contributed by atoms with Crippen molar-refractivity contribution in [1.82, 2.24) is 4.98 Å². The predicted molar refractivity (Wildman–Crippen MR) is 103 cm³/mol. The number of anilines is 1. The molecule has 0 spiro atoms. The van der Waals surface area contributed by atoms with Crippen LogP contribution in [0.2, 0.25) is 0 Å². The second-order valence-electron chi connectivity index (χ2n) is 6.45. The second-order valence-corrected chi connectivity index (χ2v) is 6.45. The molecule has 0 saturated heterocycles. The maximum absolute atomic E-state index is 12.9. The summed E-state index contributed by atoms with van der Waals surface area (Å²) in [7, 11) is 0. The van der Waals surface area contributed by atoms with E-state index < -0.39 is 4.92 Å². The lowest BCUT2D eigenvalue weighted by Gasteiger charge is -2.17. The number of carbonyl (C=O) groups excluding carboxylic acids is 1. The summed E-state index contributed by atoms with van der Waals surface area (Å²) in [5, 5.41) is 11.0. The Morgan fingerprint density at radius 3 is 2.57 bits per heavy atom. The number of pyridine rings is 1. The summed E-state index contributed by atoms with van der Waals surface area (Å²) in [6, 6.07) is 15.3. The summed E-state index contributed by atoms with van der Waals surface area (Å²) in [4.78, 5) is 29.0. The molecule has 28 heavy (non-hydrogen) atoms. The van der Waals surface area contributed by atoms with Crippen LogP contribution in [0.15, 0.2) is 67.0 Å². The number of hydrogen-bond donors (Lipinski definition) is 0. The van der Waals surface area contributed by atoms with E-state index in [1.807, 2.05) is 12.1 Å². The van der Waals surface area contributed by atoms with E-state index in [-0.39, 0.29) is 11.6 Å². The minimum absolute atomic E-state index is 0.0155. The maximum atomic E-state index is 12.9. The third-order valence-electron chi connectivity index (χ3n) is 4.68. The van der Waals surface area contributed by atoms with Crippen LogP contribution in [0.3, 0.4) is 0 Å². The average molecular weight is 375 g/mol. The number of hydrogen-bond acceptors (Lipinski definition) is 5. The van der Waals surface area contributed by atoms with Crippen LogP contribution in [0, 0.1) is 10.1 Å². The van der Waals surface area contributed by atoms with E-state index in [0.717, 1.165) is 11.1 Å². The monoisotopic (exact) mass is 375 g/mol. The highest BCUT2D eigenvalue weighted by molar-refractivity contribution is 6.07. The van der Waals surface area contributed by atoms with Gasteiger partial charge in [-0.3, -0.25) is 19.9 Å². The standard InChI is InChI=1S/C21H17N3O4/c25-21(23-12-9-16-1-4-18(24(26)27)13-20(16)23)17-2-5-19(6-3-17)28-14-15-7-10-22-11-8-15/h1-8,10-11,13H,9,12,14H2. The zero-order chi connectivity index (χ0) is 19.5. The first-order valence-corrected chi connectivity index (χ1v) is 8.83. The molecule has 0 fully saturated rings. The molecule has 4 rings (SSSR count). The molecule has 7 heteroatoms. The van der Waals surface area contributed by atoms with Crippen molar-refractivity contribution >= 4 is 17.3 Å². The van der Waals surface area contributed by atoms with Crippen LogP contribution in [0.25, 0.3) is 0 Å². The van der Waals surface area contributed by atoms with Crippen molar-refractivity contribution in [3.8, 4) is 5.75 Å². The van der Waals surface area contributed by atoms with Gasteiger partial charge in [-0.15, -0.1) is 0 Å². The first-order chi connectivity index (χ1) is 13.6. The van der Waals surface area contributed by atoms with Gasteiger partial charge in [0, 0.05) is 36.6 Å². The molecule has 0 bridgehead atoms. The lowest BCUT2D eigenvalue weighted by atomic mass is 10.1. The first kappa shape index (κ1) is 17.7. The number of carbonyl (C=O) groups is 1. The highest BCUT2D eigenvalue weighted by Gasteiger charge is 2.27. The topological polar surface area (TPSA) is 85.6 Å². The molecule has 1 aliphatic heterocycles. The summed E-state index contributed by atoms with van der Waals surface area (Å²) in [5.74, 6) is 0.478. The van der Waals surface area contributed by atoms with Crippen LogP contribution in [0.1, 0.15) is 21.5 Å². The van der Waals surface area contributed by atoms with Gasteiger partial charge in [-0.1, -0.05) is 6.07 Å². The van der Waals surface area contributed by atoms with Gasteiger partial charge in [0.2, 0.25) is 0 Å². The van der Waals surface area contributed by atoms with Crippen LogP contribution in [0.4, 0.5) is 11.4 Å². The molecular weight excluding hydrogens is 358 g/mol. The summed E-state index contributed by atoms with van der Waals surface area (Å²) < 4.78 is 5.72. The number of nitro benzene ring substituents is 1. The minimum atomic E-state index is -0.448. The summed E-state index contributed by atoms with van der Waals surface area (Å²) in [6.45, 7) is 0.925. The van der Waals surface area contributed by atoms with Gasteiger partial charge in [-0.2, -0.15) is 0 Å². The van der Waals surface area contributed by atoms with Crippen molar-refractivity contribution in [3.63, 3.8) is 0 Å². The van der Waals surface area contributed by atoms with E-state index in [1.165, 1.54) is 12.1 Å². The smallest absolute Gasteiger partial charge is 0.271 e. The molecule has 2 heterocycles. The molecule has 0 unspecified atom stereocenters. The number of nitrogens with zero attached hydrogens (tertiary/aromatic N) is 3. The zero-order valence-electron chi connectivity index (χ0n) is 14.9. The highest BCUT2D eigenvalue weighted by atomic mass is 16.6. The lowest BCUT2D eigenvalue weighted by Crippen LogP contribution is -2.28. The molecule has 2 aromatic carbocycles. The lowest BCUT2D eigenvalue weighted by molar-refractivity contribution is -0.384. The van der Waals surface area contributed by atoms with Crippen LogP contribution >= 0.6 is 0 Å². The summed E-state index contributed by atoms with van der Waals surface area (Å²) in [5.41, 5.74) is 3.05. The molecule has 140 valence electrons. The normalized spacial score (nSPS) is 12.5. The Morgan fingerprint density at radius 2 is 1.86 bits per heavy atom. The fourth-order valence-electron chi connectivity index (χ4n) is 3.19. The van der Waals surface area contributed by atoms with Gasteiger partial charge in [0.15, 0.2) is 0 Å². The molecule has 0 radical (unpaired) electrons. The van der Waals surface area contributed by atoms with Gasteiger partial charge < -0.3 is 9.64 Å². The van der Waals surface area contributed by atoms with E-state index in [1.54, 1.807) is 47.6 Å². The quantitative estimate of drug-likeness (QED) is 0.500. The number of amides is 1. The number of fused-ring (bicyclic) bond motifs is 1. The highest BCUT2D eigenvalue weighted by Crippen LogP contribution is 2.32. The van der Waals surface area contributed by atoms with Crippen molar-refractivity contribution in [3.05, 3.63) is 93.8 Å². The molecule has 1 aromatic heterocycles. The third kappa shape index (κ3) is 3.55. The molecule has 0 N–H and O–H groups in total. The molecule has 0 saturated carbocycles. The Hall–Kier alpha value is -3.74. The second kappa shape index (κ2) is 7.48. The van der Waals surface area contributed by atoms with E-state index in [0.29, 0.717) is 36.6 Å². The predicted octanol–water partition coefficient (Wildman–Crippen LogP) is 3.77. The van der Waals surface area contributed by atoms with Crippen LogP contribution < -0.4 is 9.64 Å². The van der Waals surface area contributed by atoms with Gasteiger partial charge >= 0.3 is 0 Å². The molecule has 1 aliphatic rings. The van der Waals surface area contributed by atoms with E-state index in [4.69, 9.17) is 4.74 Å². The zero-order valence-corrected chi connectivity index (χ0v) is 14.9. The fraction of sp³-hybridized carbons (Fsp3) is 0.143. The molecule has 3 aromatic rings. The Bertz CT molecular complexity index is 1020. The molecule has 0 aliphatic carbocycles. The van der Waals surface area contributed by atoms with Gasteiger partial charge in [-0.05, 0) is 53.9 Å². The van der Waals surface area contributed by atoms with E-state index in [2.05, 4.69) is 4.98 Å². The van der Waals surface area contributed by atoms with Crippen molar-refractivity contribution in [2.45, 2.75) is 13.0 Å². The molecular formula is C21H17N3O4. The van der Waals surface area contributed by atoms with Crippen LogP contribution in [-0.2, 0) is 13.0 Å². The van der Waals surface area contributed by atoms with Crippen molar-refractivity contribution in [2.75, 3.05) is 11.4 Å². The van der Waals surface area contributed by atoms with Crippen LogP contribution in [0.5, 0.6) is 5.75 Å². The van der Waals surface area contributed by atoms with E-state index >= 15 is 0 Å². The fourth-order valence-corrected chi connectivity index (χ4v) is 3.19. The third-order valence-corrected chi connectivity index (χ3v) is 4.68. The molecule has 0 atom stereocenters. The van der Waals surface area contributed by atoms with E-state index in [9.17, 15) is 14.9 Å². The van der Waals surface area contributed by atoms with Gasteiger partial charge in [0.1, 0.15) is 12.4 Å². The number of rotatable bonds is 5. The number of nitro groups is 1. The van der Waals surface area contributed by atoms with Crippen molar-refractivity contribution in [2.24, 2.45) is 0 Å². The van der Waals surface area contributed by atoms with Crippen molar-refractivity contribution < 1.29 is 14.5 Å². The van der Waals surface area contributed by atoms with Crippen LogP contribution in [-0.4, -0.2) is 22.4 Å². The van der Waals surface area contributed by atoms with Crippen molar-refractivity contribution in [1.29, 1.82) is 0 Å². The number of aromatic nitrogens is 1. The summed E-state index contributed by atoms with van der Waals surface area (Å²) in [6.07, 6.45) is 4.10. The Labute approximate surface area is 161 Å². The molecule has 7 nitrogen and oxygen atoms in total. The Balaban J connectivity index is 1.48. The number of benzene rings is 2. The number of ether oxygens (including phenoxy) is 1. The molecule has 1 amide bonds. The van der Waals surface area contributed by atoms with Gasteiger partial charge in [0.05, 0.1) is 10.6 Å². The maximum Gasteiger partial charge on any atom is 0.271 e. The first-order valence-electron chi connectivity index (χ1n) is 8.83. The van der Waals surface area contributed by atoms with Gasteiger partial charge in [0.25, 0.3) is 11.6 Å². The number of non-ortho nitro benzene ring substituents is 1. The minimum Gasteiger partial charge on any atom is -0.489 e. The Morgan fingerprint density at radius 1 is 1.11 bits per heavy atom. The average Bonchev–Trinajstić information content (AvgIpc) is 3.16. The summed E-state index contributed by atoms with van der Waals surface area (Å²) >= 11 is 0. The Kier molecular flexibility index (Phi) is 4.72. The largest absolute Gasteiger partial charge is 0.489 e.